The summed E-state index contributed by atoms with van der Waals surface area (Å²) in [5.74, 6) is -0.608. The summed E-state index contributed by atoms with van der Waals surface area (Å²) in [6.07, 6.45) is 0.983. The number of ether oxygens (including phenoxy) is 2. The van der Waals surface area contributed by atoms with Crippen LogP contribution in [0, 0.1) is 0 Å². The van der Waals surface area contributed by atoms with E-state index in [0.717, 1.165) is 45.8 Å². The number of nitrogens with one attached hydrogen (secondary N) is 1. The molecule has 1 rings (SSSR count). The molecule has 1 fully saturated rings. The smallest absolute Gasteiger partial charge is 0.338 e. The van der Waals surface area contributed by atoms with Crippen LogP contribution in [0.25, 0.3) is 0 Å². The molecule has 0 amide bonds. The van der Waals surface area contributed by atoms with Crippen molar-refractivity contribution in [2.45, 2.75) is 18.9 Å². The van der Waals surface area contributed by atoms with Gasteiger partial charge in [-0.3, -0.25) is 4.90 Å². The zero-order valence-electron chi connectivity index (χ0n) is 11.3. The van der Waals surface area contributed by atoms with Crippen molar-refractivity contribution in [3.05, 3.63) is 0 Å². The van der Waals surface area contributed by atoms with Crippen LogP contribution in [0.15, 0.2) is 0 Å². The third kappa shape index (κ3) is 5.30. The SMILES string of the molecule is COC(=O)C(C)(O)CNCCCN1CCOCC1. The summed E-state index contributed by atoms with van der Waals surface area (Å²) in [5, 5.41) is 12.8. The molecule has 1 heterocycles. The first-order valence-electron chi connectivity index (χ1n) is 6.38. The Balaban J connectivity index is 2.05. The highest BCUT2D eigenvalue weighted by atomic mass is 16.5. The van der Waals surface area contributed by atoms with E-state index in [4.69, 9.17) is 4.74 Å². The van der Waals surface area contributed by atoms with Crippen LogP contribution in [0.4, 0.5) is 0 Å². The fourth-order valence-corrected chi connectivity index (χ4v) is 1.88. The Kier molecular flexibility index (Phi) is 6.56. The second kappa shape index (κ2) is 7.68. The van der Waals surface area contributed by atoms with Crippen molar-refractivity contribution in [1.29, 1.82) is 0 Å². The number of nitrogens with zero attached hydrogens (tertiary/aromatic N) is 1. The highest BCUT2D eigenvalue weighted by molar-refractivity contribution is 5.78. The van der Waals surface area contributed by atoms with Gasteiger partial charge in [0, 0.05) is 19.6 Å². The Bertz CT molecular complexity index is 252. The van der Waals surface area contributed by atoms with Gasteiger partial charge in [-0.25, -0.2) is 4.79 Å². The summed E-state index contributed by atoms with van der Waals surface area (Å²) in [7, 11) is 1.27. The van der Waals surface area contributed by atoms with Crippen molar-refractivity contribution >= 4 is 5.97 Å². The first-order valence-corrected chi connectivity index (χ1v) is 6.38. The number of methoxy groups -OCH3 is 1. The normalized spacial score (nSPS) is 20.4. The minimum atomic E-state index is -1.45. The van der Waals surface area contributed by atoms with Crippen LogP contribution < -0.4 is 5.32 Å². The first-order chi connectivity index (χ1) is 8.56. The molecular weight excluding hydrogens is 236 g/mol. The molecule has 2 N–H and O–H groups in total. The average molecular weight is 260 g/mol. The molecule has 1 unspecified atom stereocenters. The maximum absolute atomic E-state index is 11.2. The molecule has 0 radical (unpaired) electrons. The highest BCUT2D eigenvalue weighted by Gasteiger charge is 2.30. The third-order valence-corrected chi connectivity index (χ3v) is 3.03. The lowest BCUT2D eigenvalue weighted by Gasteiger charge is -2.26. The van der Waals surface area contributed by atoms with Gasteiger partial charge in [-0.1, -0.05) is 0 Å². The van der Waals surface area contributed by atoms with E-state index in [2.05, 4.69) is 15.0 Å². The van der Waals surface area contributed by atoms with E-state index in [1.165, 1.54) is 14.0 Å². The lowest BCUT2D eigenvalue weighted by atomic mass is 10.1. The molecule has 6 heteroatoms. The van der Waals surface area contributed by atoms with Crippen LogP contribution in [0.5, 0.6) is 0 Å². The Morgan fingerprint density at radius 1 is 1.50 bits per heavy atom. The molecule has 18 heavy (non-hydrogen) atoms. The monoisotopic (exact) mass is 260 g/mol. The molecule has 0 aromatic carbocycles. The molecule has 0 spiro atoms. The van der Waals surface area contributed by atoms with E-state index >= 15 is 0 Å². The second-order valence-corrected chi connectivity index (χ2v) is 4.75. The van der Waals surface area contributed by atoms with Crippen LogP contribution in [0.3, 0.4) is 0 Å². The van der Waals surface area contributed by atoms with Gasteiger partial charge in [0.15, 0.2) is 5.60 Å². The molecule has 0 aliphatic carbocycles. The summed E-state index contributed by atoms with van der Waals surface area (Å²) < 4.78 is 9.78. The van der Waals surface area contributed by atoms with Crippen molar-refractivity contribution in [1.82, 2.24) is 10.2 Å². The molecule has 0 bridgehead atoms. The van der Waals surface area contributed by atoms with E-state index < -0.39 is 11.6 Å². The molecule has 1 aliphatic heterocycles. The molecule has 0 aromatic rings. The highest BCUT2D eigenvalue weighted by Crippen LogP contribution is 2.03. The average Bonchev–Trinajstić information content (AvgIpc) is 2.38. The Morgan fingerprint density at radius 3 is 2.78 bits per heavy atom. The van der Waals surface area contributed by atoms with E-state index in [-0.39, 0.29) is 6.54 Å². The zero-order valence-corrected chi connectivity index (χ0v) is 11.3. The molecule has 0 saturated carbocycles. The largest absolute Gasteiger partial charge is 0.467 e. The van der Waals surface area contributed by atoms with Gasteiger partial charge in [-0.2, -0.15) is 0 Å². The van der Waals surface area contributed by atoms with Gasteiger partial charge in [0.05, 0.1) is 20.3 Å². The molecule has 1 aliphatic rings. The Hall–Kier alpha value is -0.690. The summed E-state index contributed by atoms with van der Waals surface area (Å²) in [5.41, 5.74) is -1.45. The molecular formula is C12H24N2O4. The number of esters is 1. The van der Waals surface area contributed by atoms with Gasteiger partial charge in [-0.15, -0.1) is 0 Å². The molecule has 1 atom stereocenters. The van der Waals surface area contributed by atoms with Crippen LogP contribution in [0.1, 0.15) is 13.3 Å². The predicted octanol–water partition coefficient (Wildman–Crippen LogP) is -0.778. The van der Waals surface area contributed by atoms with Gasteiger partial charge >= 0.3 is 5.97 Å². The lowest BCUT2D eigenvalue weighted by molar-refractivity contribution is -0.159. The third-order valence-electron chi connectivity index (χ3n) is 3.03. The van der Waals surface area contributed by atoms with Crippen LogP contribution >= 0.6 is 0 Å². The van der Waals surface area contributed by atoms with E-state index in [1.807, 2.05) is 0 Å². The summed E-state index contributed by atoms with van der Waals surface area (Å²) in [4.78, 5) is 13.6. The number of aliphatic hydroxyl groups is 1. The zero-order chi connectivity index (χ0) is 13.4. The summed E-state index contributed by atoms with van der Waals surface area (Å²) in [6.45, 7) is 7.03. The van der Waals surface area contributed by atoms with Crippen molar-refractivity contribution in [3.63, 3.8) is 0 Å². The molecule has 0 aromatic heterocycles. The Labute approximate surface area is 108 Å². The van der Waals surface area contributed by atoms with Gasteiger partial charge in [0.25, 0.3) is 0 Å². The van der Waals surface area contributed by atoms with Gasteiger partial charge in [0.1, 0.15) is 0 Å². The Morgan fingerprint density at radius 2 is 2.17 bits per heavy atom. The van der Waals surface area contributed by atoms with Crippen molar-refractivity contribution < 1.29 is 19.4 Å². The lowest BCUT2D eigenvalue weighted by Crippen LogP contribution is -2.46. The van der Waals surface area contributed by atoms with Crippen molar-refractivity contribution in [3.8, 4) is 0 Å². The standard InChI is InChI=1S/C12H24N2O4/c1-12(16,11(15)17-2)10-13-4-3-5-14-6-8-18-9-7-14/h13,16H,3-10H2,1-2H3. The van der Waals surface area contributed by atoms with E-state index in [9.17, 15) is 9.90 Å². The summed E-state index contributed by atoms with van der Waals surface area (Å²) >= 11 is 0. The minimum absolute atomic E-state index is 0.211. The van der Waals surface area contributed by atoms with E-state index in [1.54, 1.807) is 0 Å². The minimum Gasteiger partial charge on any atom is -0.467 e. The maximum Gasteiger partial charge on any atom is 0.338 e. The fourth-order valence-electron chi connectivity index (χ4n) is 1.88. The number of carbonyl (C=O) groups excluding carboxylic acids is 1. The van der Waals surface area contributed by atoms with Crippen molar-refractivity contribution in [2.75, 3.05) is 53.0 Å². The topological polar surface area (TPSA) is 71.0 Å². The van der Waals surface area contributed by atoms with Gasteiger partial charge in [-0.05, 0) is 26.4 Å². The number of hydrogen-bond acceptors (Lipinski definition) is 6. The van der Waals surface area contributed by atoms with Crippen LogP contribution in [-0.2, 0) is 14.3 Å². The molecule has 6 nitrogen and oxygen atoms in total. The van der Waals surface area contributed by atoms with Gasteiger partial charge < -0.3 is 19.9 Å². The van der Waals surface area contributed by atoms with E-state index in [0.29, 0.717) is 0 Å². The quantitative estimate of drug-likeness (QED) is 0.462. The number of carbonyl (C=O) groups is 1. The molecule has 1 saturated heterocycles. The second-order valence-electron chi connectivity index (χ2n) is 4.75. The number of rotatable bonds is 7. The summed E-state index contributed by atoms with van der Waals surface area (Å²) in [6, 6.07) is 0. The first kappa shape index (κ1) is 15.4. The molecule has 106 valence electrons. The predicted molar refractivity (Wildman–Crippen MR) is 67.4 cm³/mol. The number of morpholine rings is 1. The van der Waals surface area contributed by atoms with Crippen molar-refractivity contribution in [2.24, 2.45) is 0 Å². The van der Waals surface area contributed by atoms with Crippen LogP contribution in [0.2, 0.25) is 0 Å². The fraction of sp³-hybridized carbons (Fsp3) is 0.917. The number of hydrogen-bond donors (Lipinski definition) is 2. The maximum atomic E-state index is 11.2. The van der Waals surface area contributed by atoms with Gasteiger partial charge in [0.2, 0.25) is 0 Å². The van der Waals surface area contributed by atoms with Crippen LogP contribution in [-0.4, -0.2) is 74.6 Å².